The molecule has 2 atom stereocenters. The normalized spacial score (nSPS) is 16.8. The average molecular weight is 233 g/mol. The van der Waals surface area contributed by atoms with Crippen molar-refractivity contribution < 1.29 is 5.11 Å². The fourth-order valence-corrected chi connectivity index (χ4v) is 2.32. The molecule has 0 fully saturated rings. The van der Waals surface area contributed by atoms with Gasteiger partial charge in [0.25, 0.3) is 0 Å². The quantitative estimate of drug-likeness (QED) is 0.709. The summed E-state index contributed by atoms with van der Waals surface area (Å²) in [6.07, 6.45) is -0.324. The molecular formula is C12H27NOS. The second-order valence-corrected chi connectivity index (χ2v) is 6.45. The molecule has 15 heavy (non-hydrogen) atoms. The molecule has 0 radical (unpaired) electrons. The topological polar surface area (TPSA) is 32.3 Å². The lowest BCUT2D eigenvalue weighted by atomic mass is 9.98. The van der Waals surface area contributed by atoms with Gasteiger partial charge in [0.15, 0.2) is 0 Å². The number of hydrogen-bond donors (Lipinski definition) is 2. The number of hydrogen-bond acceptors (Lipinski definition) is 3. The van der Waals surface area contributed by atoms with Crippen LogP contribution in [0, 0.1) is 5.92 Å². The van der Waals surface area contributed by atoms with Gasteiger partial charge in [-0.25, -0.2) is 0 Å². The number of aliphatic hydroxyl groups excluding tert-OH is 1. The van der Waals surface area contributed by atoms with Crippen LogP contribution < -0.4 is 5.32 Å². The molecule has 0 spiro atoms. The van der Waals surface area contributed by atoms with Gasteiger partial charge in [0.1, 0.15) is 0 Å². The Labute approximate surface area is 99.2 Å². The van der Waals surface area contributed by atoms with Crippen LogP contribution in [0.25, 0.3) is 0 Å². The van der Waals surface area contributed by atoms with Gasteiger partial charge >= 0.3 is 0 Å². The fraction of sp³-hybridized carbons (Fsp3) is 1.00. The zero-order valence-corrected chi connectivity index (χ0v) is 11.8. The number of aliphatic hydroxyl groups is 1. The van der Waals surface area contributed by atoms with E-state index in [0.29, 0.717) is 6.04 Å². The molecule has 0 aromatic carbocycles. The molecule has 0 aliphatic rings. The maximum absolute atomic E-state index is 9.57. The molecule has 92 valence electrons. The molecule has 0 aromatic heterocycles. The first-order valence-corrected chi connectivity index (χ1v) is 6.94. The molecule has 0 saturated heterocycles. The minimum Gasteiger partial charge on any atom is -0.392 e. The Balaban J connectivity index is 3.78. The molecule has 0 bridgehead atoms. The molecule has 2 unspecified atom stereocenters. The lowest BCUT2D eigenvalue weighted by Crippen LogP contribution is -2.52. The predicted molar refractivity (Wildman–Crippen MR) is 70.5 cm³/mol. The molecule has 0 heterocycles. The van der Waals surface area contributed by atoms with Crippen LogP contribution >= 0.6 is 11.8 Å². The summed E-state index contributed by atoms with van der Waals surface area (Å²) in [7, 11) is 0. The van der Waals surface area contributed by atoms with Gasteiger partial charge in [-0.3, -0.25) is 0 Å². The van der Waals surface area contributed by atoms with E-state index in [0.717, 1.165) is 11.7 Å². The van der Waals surface area contributed by atoms with E-state index in [2.05, 4.69) is 26.1 Å². The maximum Gasteiger partial charge on any atom is 0.0688 e. The van der Waals surface area contributed by atoms with Gasteiger partial charge in [-0.1, -0.05) is 13.8 Å². The highest BCUT2D eigenvalue weighted by molar-refractivity contribution is 7.99. The first kappa shape index (κ1) is 15.3. The summed E-state index contributed by atoms with van der Waals surface area (Å²) in [6, 6.07) is 0.443. The summed E-state index contributed by atoms with van der Waals surface area (Å²) in [5.74, 6) is 3.07. The minimum absolute atomic E-state index is 0.197. The fourth-order valence-electron chi connectivity index (χ4n) is 1.28. The molecule has 0 rings (SSSR count). The van der Waals surface area contributed by atoms with E-state index in [-0.39, 0.29) is 11.6 Å². The van der Waals surface area contributed by atoms with Crippen LogP contribution in [-0.4, -0.2) is 34.3 Å². The molecule has 0 amide bonds. The van der Waals surface area contributed by atoms with Crippen LogP contribution in [0.4, 0.5) is 0 Å². The third-order valence-electron chi connectivity index (χ3n) is 2.48. The highest BCUT2D eigenvalue weighted by Crippen LogP contribution is 2.13. The standard InChI is InChI=1S/C12H27NOS/c1-9(2)7-15-8-10(3)13-12(5,6)11(4)14/h9-11,13-14H,7-8H2,1-6H3. The summed E-state index contributed by atoms with van der Waals surface area (Å²) >= 11 is 1.98. The predicted octanol–water partition coefficient (Wildman–Crippen LogP) is 2.51. The van der Waals surface area contributed by atoms with Crippen molar-refractivity contribution in [3.8, 4) is 0 Å². The van der Waals surface area contributed by atoms with Crippen molar-refractivity contribution in [1.29, 1.82) is 0 Å². The smallest absolute Gasteiger partial charge is 0.0688 e. The third-order valence-corrected chi connectivity index (χ3v) is 4.12. The Morgan fingerprint density at radius 3 is 2.07 bits per heavy atom. The summed E-state index contributed by atoms with van der Waals surface area (Å²) in [5.41, 5.74) is -0.197. The molecule has 0 saturated carbocycles. The number of nitrogens with one attached hydrogen (secondary N) is 1. The van der Waals surface area contributed by atoms with Crippen molar-refractivity contribution in [2.75, 3.05) is 11.5 Å². The summed E-state index contributed by atoms with van der Waals surface area (Å²) in [6.45, 7) is 12.6. The van der Waals surface area contributed by atoms with Crippen LogP contribution in [0.2, 0.25) is 0 Å². The Kier molecular flexibility index (Phi) is 6.89. The van der Waals surface area contributed by atoms with Crippen molar-refractivity contribution in [2.45, 2.75) is 59.2 Å². The van der Waals surface area contributed by atoms with Crippen LogP contribution in [0.1, 0.15) is 41.5 Å². The molecular weight excluding hydrogens is 206 g/mol. The van der Waals surface area contributed by atoms with E-state index in [1.165, 1.54) is 5.75 Å². The number of thioether (sulfide) groups is 1. The van der Waals surface area contributed by atoms with Crippen LogP contribution in [0.3, 0.4) is 0 Å². The van der Waals surface area contributed by atoms with Crippen LogP contribution in [0.5, 0.6) is 0 Å². The number of rotatable bonds is 7. The Hall–Kier alpha value is 0.270. The van der Waals surface area contributed by atoms with Gasteiger partial charge in [0, 0.05) is 17.3 Å². The van der Waals surface area contributed by atoms with E-state index < -0.39 is 0 Å². The first-order valence-electron chi connectivity index (χ1n) is 5.79. The second kappa shape index (κ2) is 6.77. The van der Waals surface area contributed by atoms with Gasteiger partial charge in [0.05, 0.1) is 6.10 Å². The third kappa shape index (κ3) is 7.20. The highest BCUT2D eigenvalue weighted by atomic mass is 32.2. The van der Waals surface area contributed by atoms with Gasteiger partial charge < -0.3 is 10.4 Å². The van der Waals surface area contributed by atoms with E-state index in [1.807, 2.05) is 32.5 Å². The summed E-state index contributed by atoms with van der Waals surface area (Å²) in [5, 5.41) is 13.0. The minimum atomic E-state index is -0.324. The Bertz CT molecular complexity index is 169. The van der Waals surface area contributed by atoms with Gasteiger partial charge in [-0.2, -0.15) is 11.8 Å². The molecule has 2 N–H and O–H groups in total. The molecule has 0 aromatic rings. The zero-order chi connectivity index (χ0) is 12.1. The molecule has 3 heteroatoms. The van der Waals surface area contributed by atoms with Crippen LogP contribution in [0.15, 0.2) is 0 Å². The Morgan fingerprint density at radius 1 is 1.13 bits per heavy atom. The van der Waals surface area contributed by atoms with Crippen molar-refractivity contribution in [3.63, 3.8) is 0 Å². The first-order chi connectivity index (χ1) is 6.75. The summed E-state index contributed by atoms with van der Waals surface area (Å²) in [4.78, 5) is 0. The molecule has 2 nitrogen and oxygen atoms in total. The maximum atomic E-state index is 9.57. The van der Waals surface area contributed by atoms with E-state index in [9.17, 15) is 5.11 Å². The molecule has 0 aliphatic heterocycles. The highest BCUT2D eigenvalue weighted by Gasteiger charge is 2.25. The SMILES string of the molecule is CC(C)CSCC(C)NC(C)(C)C(C)O. The van der Waals surface area contributed by atoms with Gasteiger partial charge in [-0.05, 0) is 39.4 Å². The lowest BCUT2D eigenvalue weighted by molar-refractivity contribution is 0.0914. The van der Waals surface area contributed by atoms with E-state index in [1.54, 1.807) is 0 Å². The second-order valence-electron chi connectivity index (χ2n) is 5.37. The van der Waals surface area contributed by atoms with Crippen molar-refractivity contribution in [3.05, 3.63) is 0 Å². The largest absolute Gasteiger partial charge is 0.392 e. The summed E-state index contributed by atoms with van der Waals surface area (Å²) < 4.78 is 0. The van der Waals surface area contributed by atoms with Crippen molar-refractivity contribution in [1.82, 2.24) is 5.32 Å². The molecule has 0 aliphatic carbocycles. The van der Waals surface area contributed by atoms with Gasteiger partial charge in [0.2, 0.25) is 0 Å². The van der Waals surface area contributed by atoms with Crippen LogP contribution in [-0.2, 0) is 0 Å². The van der Waals surface area contributed by atoms with Gasteiger partial charge in [-0.15, -0.1) is 0 Å². The monoisotopic (exact) mass is 233 g/mol. The van der Waals surface area contributed by atoms with Crippen molar-refractivity contribution >= 4 is 11.8 Å². The zero-order valence-electron chi connectivity index (χ0n) is 11.0. The van der Waals surface area contributed by atoms with Crippen molar-refractivity contribution in [2.24, 2.45) is 5.92 Å². The average Bonchev–Trinajstić information content (AvgIpc) is 2.01. The Morgan fingerprint density at radius 2 is 1.67 bits per heavy atom. The lowest BCUT2D eigenvalue weighted by Gasteiger charge is -2.33. The van der Waals surface area contributed by atoms with E-state index in [4.69, 9.17) is 0 Å². The van der Waals surface area contributed by atoms with E-state index >= 15 is 0 Å².